The van der Waals surface area contributed by atoms with Crippen LogP contribution in [0.2, 0.25) is 0 Å². The standard InChI is InChI=1S/C10H13NO2Si/c1-2-9(11)13-10(12)7-5-3-4-6-8(7)14/h2-6,9H,1,11H2,14H3. The minimum Gasteiger partial charge on any atom is -0.440 e. The zero-order valence-electron chi connectivity index (χ0n) is 8.07. The van der Waals surface area contributed by atoms with E-state index in [1.165, 1.54) is 6.08 Å². The molecule has 4 heteroatoms. The highest BCUT2D eigenvalue weighted by Gasteiger charge is 2.11. The zero-order chi connectivity index (χ0) is 10.6. The van der Waals surface area contributed by atoms with E-state index in [-0.39, 0.29) is 5.97 Å². The van der Waals surface area contributed by atoms with E-state index >= 15 is 0 Å². The normalized spacial score (nSPS) is 12.1. The van der Waals surface area contributed by atoms with Gasteiger partial charge in [-0.25, -0.2) is 4.79 Å². The van der Waals surface area contributed by atoms with Gasteiger partial charge in [0.2, 0.25) is 0 Å². The second kappa shape index (κ2) is 4.73. The summed E-state index contributed by atoms with van der Waals surface area (Å²) in [6.07, 6.45) is 0.650. The Hall–Kier alpha value is -1.39. The monoisotopic (exact) mass is 207 g/mol. The Balaban J connectivity index is 2.80. The van der Waals surface area contributed by atoms with Crippen molar-refractivity contribution in [2.45, 2.75) is 6.23 Å². The van der Waals surface area contributed by atoms with Gasteiger partial charge in [0.1, 0.15) is 0 Å². The smallest absolute Gasteiger partial charge is 0.339 e. The van der Waals surface area contributed by atoms with Crippen molar-refractivity contribution in [2.75, 3.05) is 0 Å². The highest BCUT2D eigenvalue weighted by molar-refractivity contribution is 6.36. The Morgan fingerprint density at radius 2 is 2.21 bits per heavy atom. The summed E-state index contributed by atoms with van der Waals surface area (Å²) in [5.41, 5.74) is 6.01. The van der Waals surface area contributed by atoms with Crippen LogP contribution in [0.15, 0.2) is 36.9 Å². The molecule has 1 rings (SSSR count). The molecule has 0 aliphatic heterocycles. The molecular weight excluding hydrogens is 194 g/mol. The van der Waals surface area contributed by atoms with Crippen LogP contribution in [0.5, 0.6) is 0 Å². The summed E-state index contributed by atoms with van der Waals surface area (Å²) in [6, 6.07) is 7.34. The van der Waals surface area contributed by atoms with E-state index in [0.29, 0.717) is 5.56 Å². The Bertz CT molecular complexity index is 352. The first kappa shape index (κ1) is 10.7. The summed E-state index contributed by atoms with van der Waals surface area (Å²) in [5.74, 6) is -0.386. The Morgan fingerprint density at radius 1 is 1.57 bits per heavy atom. The molecule has 0 saturated carbocycles. The molecule has 0 spiro atoms. The van der Waals surface area contributed by atoms with Gasteiger partial charge in [0, 0.05) is 10.2 Å². The molecule has 0 saturated heterocycles. The topological polar surface area (TPSA) is 52.3 Å². The zero-order valence-corrected chi connectivity index (χ0v) is 10.1. The fourth-order valence-electron chi connectivity index (χ4n) is 1.04. The van der Waals surface area contributed by atoms with Gasteiger partial charge in [-0.15, -0.1) is 0 Å². The maximum atomic E-state index is 11.5. The molecule has 0 fully saturated rings. The molecular formula is C10H13NO2Si. The minimum atomic E-state index is -0.733. The van der Waals surface area contributed by atoms with Crippen molar-refractivity contribution in [1.29, 1.82) is 0 Å². The Kier molecular flexibility index (Phi) is 3.61. The molecule has 0 heterocycles. The number of ether oxygens (including phenoxy) is 1. The maximum Gasteiger partial charge on any atom is 0.339 e. The van der Waals surface area contributed by atoms with Crippen LogP contribution in [-0.4, -0.2) is 22.4 Å². The van der Waals surface area contributed by atoms with Crippen LogP contribution < -0.4 is 10.9 Å². The average Bonchev–Trinajstić information content (AvgIpc) is 2.18. The van der Waals surface area contributed by atoms with Crippen molar-refractivity contribution >= 4 is 21.4 Å². The molecule has 2 N–H and O–H groups in total. The quantitative estimate of drug-likeness (QED) is 0.309. The number of benzene rings is 1. The van der Waals surface area contributed by atoms with Gasteiger partial charge in [-0.2, -0.15) is 0 Å². The SMILES string of the molecule is C=CC(N)OC(=O)c1ccccc1[SiH3]. The Morgan fingerprint density at radius 3 is 2.79 bits per heavy atom. The van der Waals surface area contributed by atoms with E-state index in [9.17, 15) is 4.79 Å². The number of rotatable bonds is 3. The molecule has 0 bridgehead atoms. The van der Waals surface area contributed by atoms with Crippen molar-refractivity contribution in [3.8, 4) is 0 Å². The third-order valence-electron chi connectivity index (χ3n) is 1.84. The van der Waals surface area contributed by atoms with E-state index in [2.05, 4.69) is 6.58 Å². The summed E-state index contributed by atoms with van der Waals surface area (Å²) >= 11 is 0. The van der Waals surface area contributed by atoms with Crippen molar-refractivity contribution in [3.63, 3.8) is 0 Å². The van der Waals surface area contributed by atoms with Crippen molar-refractivity contribution in [1.82, 2.24) is 0 Å². The van der Waals surface area contributed by atoms with Gasteiger partial charge in [-0.1, -0.05) is 30.0 Å². The van der Waals surface area contributed by atoms with Crippen LogP contribution in [0.4, 0.5) is 0 Å². The fraction of sp³-hybridized carbons (Fsp3) is 0.100. The lowest BCUT2D eigenvalue weighted by Crippen LogP contribution is -2.27. The molecule has 1 aromatic carbocycles. The summed E-state index contributed by atoms with van der Waals surface area (Å²) in [5, 5.41) is 1.01. The number of nitrogens with two attached hydrogens (primary N) is 1. The summed E-state index contributed by atoms with van der Waals surface area (Å²) in [4.78, 5) is 11.5. The van der Waals surface area contributed by atoms with Gasteiger partial charge in [0.25, 0.3) is 0 Å². The molecule has 74 valence electrons. The van der Waals surface area contributed by atoms with Gasteiger partial charge in [-0.3, -0.25) is 5.73 Å². The molecule has 0 radical (unpaired) electrons. The first-order chi connectivity index (χ1) is 6.65. The van der Waals surface area contributed by atoms with E-state index < -0.39 is 6.23 Å². The molecule has 0 aliphatic rings. The van der Waals surface area contributed by atoms with Crippen LogP contribution in [-0.2, 0) is 4.74 Å². The molecule has 1 atom stereocenters. The van der Waals surface area contributed by atoms with Gasteiger partial charge < -0.3 is 4.74 Å². The second-order valence-electron chi connectivity index (χ2n) is 2.92. The van der Waals surface area contributed by atoms with E-state index in [4.69, 9.17) is 10.5 Å². The highest BCUT2D eigenvalue weighted by Crippen LogP contribution is 1.99. The van der Waals surface area contributed by atoms with Crippen LogP contribution in [0.3, 0.4) is 0 Å². The largest absolute Gasteiger partial charge is 0.440 e. The lowest BCUT2D eigenvalue weighted by atomic mass is 10.2. The Labute approximate surface area is 86.0 Å². The second-order valence-corrected chi connectivity index (χ2v) is 4.00. The number of esters is 1. The fourth-order valence-corrected chi connectivity index (χ4v) is 1.60. The molecule has 1 aromatic rings. The minimum absolute atomic E-state index is 0.386. The van der Waals surface area contributed by atoms with Gasteiger partial charge in [0.05, 0.1) is 5.56 Å². The summed E-state index contributed by atoms with van der Waals surface area (Å²) in [7, 11) is 0.808. The molecule has 1 unspecified atom stereocenters. The lowest BCUT2D eigenvalue weighted by Gasteiger charge is -2.09. The van der Waals surface area contributed by atoms with Gasteiger partial charge in [0.15, 0.2) is 6.23 Å². The van der Waals surface area contributed by atoms with E-state index in [0.717, 1.165) is 15.4 Å². The molecule has 0 aromatic heterocycles. The first-order valence-corrected chi connectivity index (χ1v) is 5.30. The van der Waals surface area contributed by atoms with Crippen LogP contribution >= 0.6 is 0 Å². The van der Waals surface area contributed by atoms with Crippen LogP contribution in [0.25, 0.3) is 0 Å². The summed E-state index contributed by atoms with van der Waals surface area (Å²) in [6.45, 7) is 3.44. The van der Waals surface area contributed by atoms with Crippen molar-refractivity contribution in [2.24, 2.45) is 5.73 Å². The highest BCUT2D eigenvalue weighted by atomic mass is 28.1. The lowest BCUT2D eigenvalue weighted by molar-refractivity contribution is 0.0408. The predicted octanol–water partition coefficient (Wildman–Crippen LogP) is -0.695. The molecule has 3 nitrogen and oxygen atoms in total. The van der Waals surface area contributed by atoms with E-state index in [1.807, 2.05) is 12.1 Å². The molecule has 0 aliphatic carbocycles. The third kappa shape index (κ3) is 2.55. The summed E-state index contributed by atoms with van der Waals surface area (Å²) < 4.78 is 4.91. The average molecular weight is 207 g/mol. The molecule has 0 amide bonds. The van der Waals surface area contributed by atoms with Crippen molar-refractivity contribution < 1.29 is 9.53 Å². The number of hydrogen-bond acceptors (Lipinski definition) is 3. The van der Waals surface area contributed by atoms with E-state index in [1.54, 1.807) is 12.1 Å². The van der Waals surface area contributed by atoms with Gasteiger partial charge in [-0.05, 0) is 12.1 Å². The number of carbonyl (C=O) groups excluding carboxylic acids is 1. The maximum absolute atomic E-state index is 11.5. The number of hydrogen-bond donors (Lipinski definition) is 1. The number of carbonyl (C=O) groups is 1. The third-order valence-corrected chi connectivity index (χ3v) is 2.71. The molecule has 14 heavy (non-hydrogen) atoms. The van der Waals surface area contributed by atoms with Crippen LogP contribution in [0.1, 0.15) is 10.4 Å². The van der Waals surface area contributed by atoms with Gasteiger partial charge >= 0.3 is 5.97 Å². The first-order valence-electron chi connectivity index (χ1n) is 4.30. The van der Waals surface area contributed by atoms with Crippen molar-refractivity contribution in [3.05, 3.63) is 42.5 Å². The predicted molar refractivity (Wildman–Crippen MR) is 59.6 cm³/mol. The van der Waals surface area contributed by atoms with Crippen LogP contribution in [0, 0.1) is 0 Å².